The highest BCUT2D eigenvalue weighted by molar-refractivity contribution is 5.92. The van der Waals surface area contributed by atoms with E-state index in [9.17, 15) is 9.59 Å². The van der Waals surface area contributed by atoms with E-state index < -0.39 is 6.03 Å². The lowest BCUT2D eigenvalue weighted by Crippen LogP contribution is -2.39. The van der Waals surface area contributed by atoms with Crippen molar-refractivity contribution in [2.45, 2.75) is 6.42 Å². The van der Waals surface area contributed by atoms with Crippen LogP contribution in [0.1, 0.15) is 5.56 Å². The fraction of sp³-hybridized carbons (Fsp3) is 0.222. The summed E-state index contributed by atoms with van der Waals surface area (Å²) in [6.45, 7) is 0.395. The number of rotatable bonds is 7. The second-order valence-corrected chi connectivity index (χ2v) is 5.09. The normalized spacial score (nSPS) is 9.88. The van der Waals surface area contributed by atoms with E-state index in [0.717, 1.165) is 11.3 Å². The van der Waals surface area contributed by atoms with Gasteiger partial charge in [0.25, 0.3) is 0 Å². The Balaban J connectivity index is 1.67. The molecule has 2 aromatic carbocycles. The molecule has 2 aromatic rings. The molecule has 0 fully saturated rings. The Morgan fingerprint density at radius 1 is 0.958 bits per heavy atom. The molecule has 6 heteroatoms. The van der Waals surface area contributed by atoms with Crippen LogP contribution in [0.4, 0.5) is 10.5 Å². The molecular formula is C18H21N3O3. The summed E-state index contributed by atoms with van der Waals surface area (Å²) in [6.07, 6.45) is 0.659. The van der Waals surface area contributed by atoms with Crippen LogP contribution in [-0.2, 0) is 11.2 Å². The number of urea groups is 1. The summed E-state index contributed by atoms with van der Waals surface area (Å²) >= 11 is 0. The summed E-state index contributed by atoms with van der Waals surface area (Å²) in [4.78, 5) is 23.4. The van der Waals surface area contributed by atoms with Crippen LogP contribution in [0.25, 0.3) is 0 Å². The van der Waals surface area contributed by atoms with Gasteiger partial charge in [-0.3, -0.25) is 4.79 Å². The number of carbonyl (C=O) groups excluding carboxylic acids is 2. The Labute approximate surface area is 141 Å². The highest BCUT2D eigenvalue weighted by Crippen LogP contribution is 2.17. The third kappa shape index (κ3) is 5.64. The van der Waals surface area contributed by atoms with Crippen LogP contribution >= 0.6 is 0 Å². The molecule has 0 atom stereocenters. The number of ether oxygens (including phenoxy) is 1. The van der Waals surface area contributed by atoms with Crippen molar-refractivity contribution in [2.24, 2.45) is 0 Å². The van der Waals surface area contributed by atoms with Crippen molar-refractivity contribution >= 4 is 17.6 Å². The highest BCUT2D eigenvalue weighted by atomic mass is 16.5. The van der Waals surface area contributed by atoms with Gasteiger partial charge in [0.15, 0.2) is 0 Å². The Kier molecular flexibility index (Phi) is 6.64. The predicted molar refractivity (Wildman–Crippen MR) is 93.2 cm³/mol. The zero-order valence-corrected chi connectivity index (χ0v) is 13.5. The van der Waals surface area contributed by atoms with Crippen LogP contribution in [0.15, 0.2) is 54.6 Å². The van der Waals surface area contributed by atoms with Gasteiger partial charge in [-0.15, -0.1) is 0 Å². The van der Waals surface area contributed by atoms with Crippen molar-refractivity contribution in [3.63, 3.8) is 0 Å². The number of amides is 3. The van der Waals surface area contributed by atoms with E-state index >= 15 is 0 Å². The lowest BCUT2D eigenvalue weighted by atomic mass is 10.1. The molecule has 0 heterocycles. The standard InChI is InChI=1S/C18H21N3O3/c1-24-16-10-6-5-7-14(16)11-12-19-17(22)13-20-18(23)21-15-8-3-2-4-9-15/h2-10H,11-13H2,1H3,(H,19,22)(H2,20,21,23). The summed E-state index contributed by atoms with van der Waals surface area (Å²) in [5.41, 5.74) is 1.70. The first-order valence-electron chi connectivity index (χ1n) is 7.67. The number of hydrogen-bond acceptors (Lipinski definition) is 3. The molecule has 2 rings (SSSR count). The minimum Gasteiger partial charge on any atom is -0.496 e. The lowest BCUT2D eigenvalue weighted by molar-refractivity contribution is -0.120. The molecule has 0 saturated carbocycles. The van der Waals surface area contributed by atoms with Gasteiger partial charge in [-0.25, -0.2) is 4.79 Å². The van der Waals surface area contributed by atoms with Crippen molar-refractivity contribution in [1.82, 2.24) is 10.6 Å². The zero-order valence-electron chi connectivity index (χ0n) is 13.5. The number of benzene rings is 2. The number of para-hydroxylation sites is 2. The summed E-state index contributed by atoms with van der Waals surface area (Å²) in [7, 11) is 1.62. The zero-order chi connectivity index (χ0) is 17.2. The molecule has 3 amide bonds. The van der Waals surface area contributed by atoms with Gasteiger partial charge in [0, 0.05) is 12.2 Å². The second kappa shape index (κ2) is 9.19. The predicted octanol–water partition coefficient (Wildman–Crippen LogP) is 2.18. The summed E-state index contributed by atoms with van der Waals surface area (Å²) in [5, 5.41) is 7.93. The van der Waals surface area contributed by atoms with Crippen LogP contribution < -0.4 is 20.7 Å². The van der Waals surface area contributed by atoms with Gasteiger partial charge in [0.05, 0.1) is 13.7 Å². The molecule has 126 valence electrons. The van der Waals surface area contributed by atoms with E-state index in [1.165, 1.54) is 0 Å². The van der Waals surface area contributed by atoms with Crippen molar-refractivity contribution in [3.8, 4) is 5.75 Å². The third-order valence-electron chi connectivity index (χ3n) is 3.35. The average molecular weight is 327 g/mol. The van der Waals surface area contributed by atoms with E-state index in [2.05, 4.69) is 16.0 Å². The quantitative estimate of drug-likeness (QED) is 0.729. The number of carbonyl (C=O) groups is 2. The maximum Gasteiger partial charge on any atom is 0.319 e. The smallest absolute Gasteiger partial charge is 0.319 e. The van der Waals surface area contributed by atoms with Crippen molar-refractivity contribution in [2.75, 3.05) is 25.5 Å². The molecule has 0 radical (unpaired) electrons. The van der Waals surface area contributed by atoms with E-state index in [0.29, 0.717) is 18.7 Å². The first-order chi connectivity index (χ1) is 11.7. The molecule has 3 N–H and O–H groups in total. The molecule has 24 heavy (non-hydrogen) atoms. The van der Waals surface area contributed by atoms with E-state index in [1.54, 1.807) is 19.2 Å². The van der Waals surface area contributed by atoms with Gasteiger partial charge in [-0.1, -0.05) is 36.4 Å². The monoisotopic (exact) mass is 327 g/mol. The molecule has 0 bridgehead atoms. The van der Waals surface area contributed by atoms with Gasteiger partial charge in [0.1, 0.15) is 5.75 Å². The number of nitrogens with one attached hydrogen (secondary N) is 3. The van der Waals surface area contributed by atoms with Crippen LogP contribution in [0.5, 0.6) is 5.75 Å². The lowest BCUT2D eigenvalue weighted by Gasteiger charge is -2.10. The molecule has 6 nitrogen and oxygen atoms in total. The first-order valence-corrected chi connectivity index (χ1v) is 7.67. The van der Waals surface area contributed by atoms with E-state index in [1.807, 2.05) is 42.5 Å². The fourth-order valence-electron chi connectivity index (χ4n) is 2.17. The van der Waals surface area contributed by atoms with Gasteiger partial charge in [0.2, 0.25) is 5.91 Å². The van der Waals surface area contributed by atoms with Crippen molar-refractivity contribution < 1.29 is 14.3 Å². The van der Waals surface area contributed by atoms with Crippen molar-refractivity contribution in [3.05, 3.63) is 60.2 Å². The maximum absolute atomic E-state index is 11.8. The third-order valence-corrected chi connectivity index (χ3v) is 3.35. The molecule has 0 spiro atoms. The van der Waals surface area contributed by atoms with Gasteiger partial charge >= 0.3 is 6.03 Å². The topological polar surface area (TPSA) is 79.5 Å². The number of methoxy groups -OCH3 is 1. The van der Waals surface area contributed by atoms with Crippen LogP contribution in [-0.4, -0.2) is 32.1 Å². The second-order valence-electron chi connectivity index (χ2n) is 5.09. The summed E-state index contributed by atoms with van der Waals surface area (Å²) < 4.78 is 5.26. The van der Waals surface area contributed by atoms with Crippen LogP contribution in [0.3, 0.4) is 0 Å². The van der Waals surface area contributed by atoms with Gasteiger partial charge < -0.3 is 20.7 Å². The van der Waals surface area contributed by atoms with Crippen LogP contribution in [0.2, 0.25) is 0 Å². The average Bonchev–Trinajstić information content (AvgIpc) is 2.61. The number of anilines is 1. The summed E-state index contributed by atoms with van der Waals surface area (Å²) in [6, 6.07) is 16.3. The highest BCUT2D eigenvalue weighted by Gasteiger charge is 2.06. The Morgan fingerprint density at radius 2 is 1.67 bits per heavy atom. The molecule has 0 aromatic heterocycles. The molecular weight excluding hydrogens is 306 g/mol. The molecule has 0 unspecified atom stereocenters. The Hall–Kier alpha value is -3.02. The minimum absolute atomic E-state index is 0.0788. The Morgan fingerprint density at radius 3 is 2.42 bits per heavy atom. The minimum atomic E-state index is -0.416. The first kappa shape index (κ1) is 17.3. The van der Waals surface area contributed by atoms with Gasteiger partial charge in [-0.2, -0.15) is 0 Å². The van der Waals surface area contributed by atoms with E-state index in [4.69, 9.17) is 4.74 Å². The van der Waals surface area contributed by atoms with Crippen LogP contribution in [0, 0.1) is 0 Å². The Bertz CT molecular complexity index is 674. The maximum atomic E-state index is 11.8. The summed E-state index contributed by atoms with van der Waals surface area (Å²) in [5.74, 6) is 0.556. The molecule has 0 aliphatic carbocycles. The molecule has 0 saturated heterocycles. The van der Waals surface area contributed by atoms with Gasteiger partial charge in [-0.05, 0) is 30.2 Å². The molecule has 0 aliphatic heterocycles. The molecule has 0 aliphatic rings. The SMILES string of the molecule is COc1ccccc1CCNC(=O)CNC(=O)Nc1ccccc1. The van der Waals surface area contributed by atoms with Crippen molar-refractivity contribution in [1.29, 1.82) is 0 Å². The van der Waals surface area contributed by atoms with E-state index in [-0.39, 0.29) is 12.5 Å². The number of hydrogen-bond donors (Lipinski definition) is 3. The largest absolute Gasteiger partial charge is 0.496 e. The fourth-order valence-corrected chi connectivity index (χ4v) is 2.17.